The zero-order valence-electron chi connectivity index (χ0n) is 7.02. The summed E-state index contributed by atoms with van der Waals surface area (Å²) in [6.45, 7) is 6.65. The summed E-state index contributed by atoms with van der Waals surface area (Å²) in [5.41, 5.74) is 2.86. The molecule has 1 aromatic rings. The third-order valence-corrected chi connectivity index (χ3v) is 1.94. The Kier molecular flexibility index (Phi) is 2.15. The van der Waals surface area contributed by atoms with Crippen LogP contribution in [0, 0.1) is 6.92 Å². The van der Waals surface area contributed by atoms with Gasteiger partial charge in [0.15, 0.2) is 0 Å². The Hall–Kier alpha value is -0.715. The zero-order valence-corrected chi connectivity index (χ0v) is 7.02. The van der Waals surface area contributed by atoms with Gasteiger partial charge in [-0.2, -0.15) is 13.6 Å². The number of hydrogen-bond donors (Lipinski definition) is 0. The molecule has 10 heavy (non-hydrogen) atoms. The van der Waals surface area contributed by atoms with Gasteiger partial charge in [-0.05, 0) is 6.92 Å². The minimum absolute atomic E-state index is 0.0683. The van der Waals surface area contributed by atoms with E-state index < -0.39 is 0 Å². The van der Waals surface area contributed by atoms with Crippen LogP contribution in [0.25, 0.3) is 0 Å². The second kappa shape index (κ2) is 2.91. The van der Waals surface area contributed by atoms with Crippen LogP contribution in [-0.2, 0) is 0 Å². The van der Waals surface area contributed by atoms with Crippen molar-refractivity contribution in [3.8, 4) is 0 Å². The molecule has 0 fully saturated rings. The van der Waals surface area contributed by atoms with Crippen molar-refractivity contribution in [2.24, 2.45) is 0 Å². The monoisotopic (exact) mass is 133 g/mol. The van der Waals surface area contributed by atoms with Crippen LogP contribution in [0.15, 0.2) is 24.3 Å². The minimum atomic E-state index is -0.0683. The van der Waals surface area contributed by atoms with E-state index in [9.17, 15) is 0 Å². The Bertz CT molecular complexity index is 198. The largest absolute Gasteiger partial charge is 0.214 e. The lowest BCUT2D eigenvalue weighted by molar-refractivity contribution is 1.49. The summed E-state index contributed by atoms with van der Waals surface area (Å²) in [4.78, 5) is 0. The van der Waals surface area contributed by atoms with Crippen molar-refractivity contribution in [2.45, 2.75) is 20.6 Å². The van der Waals surface area contributed by atoms with Gasteiger partial charge < -0.3 is 0 Å². The first kappa shape index (κ1) is 7.39. The number of benzene rings is 1. The highest BCUT2D eigenvalue weighted by atomic mass is 13.9. The van der Waals surface area contributed by atoms with Crippen LogP contribution in [0.2, 0.25) is 13.6 Å². The molecule has 0 aliphatic rings. The maximum Gasteiger partial charge on any atom is 0.00597 e. The SMILES string of the molecule is C[BH-](C)c1ccc(C)cc1. The molecule has 0 radical (unpaired) electrons. The smallest absolute Gasteiger partial charge is 0.00597 e. The zero-order chi connectivity index (χ0) is 7.56. The molecular weight excluding hydrogens is 119 g/mol. The molecule has 0 saturated carbocycles. The third-order valence-electron chi connectivity index (χ3n) is 1.94. The fourth-order valence-corrected chi connectivity index (χ4v) is 1.06. The molecule has 0 nitrogen and oxygen atoms in total. The summed E-state index contributed by atoms with van der Waals surface area (Å²) < 4.78 is 0. The molecule has 0 bridgehead atoms. The molecule has 0 aliphatic carbocycles. The van der Waals surface area contributed by atoms with Crippen LogP contribution in [-0.4, -0.2) is 6.71 Å². The molecule has 54 valence electrons. The van der Waals surface area contributed by atoms with Crippen molar-refractivity contribution in [1.29, 1.82) is 0 Å². The van der Waals surface area contributed by atoms with Gasteiger partial charge in [0, 0.05) is 6.71 Å². The maximum absolute atomic E-state index is 2.30. The molecule has 0 aromatic heterocycles. The molecule has 1 aromatic carbocycles. The standard InChI is InChI=1S/C9H14B/c1-8-4-6-9(7-5-8)10(2)3/h4-7,10H,1-3H3/q-1. The predicted molar refractivity (Wildman–Crippen MR) is 49.7 cm³/mol. The summed E-state index contributed by atoms with van der Waals surface area (Å²) in [6.07, 6.45) is 0. The van der Waals surface area contributed by atoms with E-state index in [1.54, 1.807) is 0 Å². The van der Waals surface area contributed by atoms with Crippen molar-refractivity contribution in [2.75, 3.05) is 0 Å². The molecule has 1 heteroatoms. The topological polar surface area (TPSA) is 0 Å². The summed E-state index contributed by atoms with van der Waals surface area (Å²) in [7, 11) is 0. The summed E-state index contributed by atoms with van der Waals surface area (Å²) in [6, 6.07) is 8.83. The lowest BCUT2D eigenvalue weighted by Crippen LogP contribution is -2.21. The highest BCUT2D eigenvalue weighted by Crippen LogP contribution is 1.94. The van der Waals surface area contributed by atoms with Crippen LogP contribution in [0.3, 0.4) is 0 Å². The van der Waals surface area contributed by atoms with Crippen molar-refractivity contribution >= 4 is 12.2 Å². The number of hydrogen-bond acceptors (Lipinski definition) is 0. The Morgan fingerprint density at radius 3 is 1.90 bits per heavy atom. The van der Waals surface area contributed by atoms with E-state index in [2.05, 4.69) is 44.8 Å². The van der Waals surface area contributed by atoms with Gasteiger partial charge in [-0.25, -0.2) is 5.46 Å². The van der Waals surface area contributed by atoms with E-state index in [1.165, 1.54) is 11.0 Å². The van der Waals surface area contributed by atoms with Crippen molar-refractivity contribution in [1.82, 2.24) is 0 Å². The first-order valence-electron chi connectivity index (χ1n) is 4.09. The lowest BCUT2D eigenvalue weighted by Gasteiger charge is -2.09. The average molecular weight is 133 g/mol. The highest BCUT2D eigenvalue weighted by molar-refractivity contribution is 6.70. The molecule has 0 aliphatic heterocycles. The number of rotatable bonds is 1. The van der Waals surface area contributed by atoms with E-state index >= 15 is 0 Å². The molecule has 0 atom stereocenters. The third kappa shape index (κ3) is 1.63. The molecule has 0 amide bonds. The molecule has 0 spiro atoms. The summed E-state index contributed by atoms with van der Waals surface area (Å²) in [5.74, 6) is 0. The van der Waals surface area contributed by atoms with E-state index in [1.807, 2.05) is 0 Å². The van der Waals surface area contributed by atoms with Gasteiger partial charge in [-0.1, -0.05) is 29.8 Å². The van der Waals surface area contributed by atoms with Crippen molar-refractivity contribution in [3.05, 3.63) is 29.8 Å². The van der Waals surface area contributed by atoms with Crippen molar-refractivity contribution in [3.63, 3.8) is 0 Å². The van der Waals surface area contributed by atoms with E-state index in [4.69, 9.17) is 0 Å². The second-order valence-corrected chi connectivity index (χ2v) is 3.40. The predicted octanol–water partition coefficient (Wildman–Crippen LogP) is 1.69. The van der Waals surface area contributed by atoms with Crippen LogP contribution < -0.4 is 5.46 Å². The van der Waals surface area contributed by atoms with Gasteiger partial charge in [0.2, 0.25) is 0 Å². The lowest BCUT2D eigenvalue weighted by atomic mass is 9.49. The van der Waals surface area contributed by atoms with Gasteiger partial charge in [0.1, 0.15) is 0 Å². The van der Waals surface area contributed by atoms with Gasteiger partial charge in [0.25, 0.3) is 0 Å². The fraction of sp³-hybridized carbons (Fsp3) is 0.333. The maximum atomic E-state index is 2.30. The first-order valence-corrected chi connectivity index (χ1v) is 4.09. The van der Waals surface area contributed by atoms with Gasteiger partial charge in [-0.15, -0.1) is 0 Å². The summed E-state index contributed by atoms with van der Waals surface area (Å²) in [5, 5.41) is 0. The van der Waals surface area contributed by atoms with Gasteiger partial charge in [-0.3, -0.25) is 0 Å². The van der Waals surface area contributed by atoms with Crippen LogP contribution in [0.5, 0.6) is 0 Å². The molecular formula is C9H14B-. The Morgan fingerprint density at radius 2 is 1.50 bits per heavy atom. The van der Waals surface area contributed by atoms with Gasteiger partial charge >= 0.3 is 0 Å². The quantitative estimate of drug-likeness (QED) is 0.511. The fourth-order valence-electron chi connectivity index (χ4n) is 1.06. The Morgan fingerprint density at radius 1 is 1.00 bits per heavy atom. The second-order valence-electron chi connectivity index (χ2n) is 3.40. The average Bonchev–Trinajstić information content (AvgIpc) is 1.88. The van der Waals surface area contributed by atoms with E-state index in [0.717, 1.165) is 0 Å². The Labute approximate surface area is 63.3 Å². The van der Waals surface area contributed by atoms with E-state index in [0.29, 0.717) is 0 Å². The summed E-state index contributed by atoms with van der Waals surface area (Å²) >= 11 is 0. The van der Waals surface area contributed by atoms with Crippen LogP contribution in [0.1, 0.15) is 5.56 Å². The number of aryl methyl sites for hydroxylation is 1. The van der Waals surface area contributed by atoms with Crippen molar-refractivity contribution < 1.29 is 0 Å². The molecule has 0 unspecified atom stereocenters. The molecule has 0 saturated heterocycles. The van der Waals surface area contributed by atoms with Gasteiger partial charge in [0.05, 0.1) is 0 Å². The normalized spacial score (nSPS) is 10.4. The molecule has 0 N–H and O–H groups in total. The first-order chi connectivity index (χ1) is 4.70. The molecule has 0 heterocycles. The van der Waals surface area contributed by atoms with Crippen LogP contribution >= 0.6 is 0 Å². The Balaban J connectivity index is 2.89. The highest BCUT2D eigenvalue weighted by Gasteiger charge is 1.89. The minimum Gasteiger partial charge on any atom is -0.214 e. The molecule has 1 rings (SSSR count). The van der Waals surface area contributed by atoms with Crippen LogP contribution in [0.4, 0.5) is 0 Å². The van der Waals surface area contributed by atoms with E-state index in [-0.39, 0.29) is 6.71 Å².